The zero-order chi connectivity index (χ0) is 11.4. The zero-order valence-corrected chi connectivity index (χ0v) is 9.42. The van der Waals surface area contributed by atoms with Gasteiger partial charge in [0.05, 0.1) is 6.54 Å². The average Bonchev–Trinajstić information content (AvgIpc) is 3.13. The first-order valence-electron chi connectivity index (χ1n) is 5.59. The fraction of sp³-hybridized carbons (Fsp3) is 0.357. The van der Waals surface area contributed by atoms with Crippen LogP contribution in [0, 0.1) is 17.8 Å². The molecular weight excluding hydrogens is 198 g/mol. The van der Waals surface area contributed by atoms with E-state index in [9.17, 15) is 4.79 Å². The smallest absolute Gasteiger partial charge is 0.165 e. The van der Waals surface area contributed by atoms with Crippen LogP contribution in [0.5, 0.6) is 0 Å². The second-order valence-corrected chi connectivity index (χ2v) is 4.05. The summed E-state index contributed by atoms with van der Waals surface area (Å²) in [5.74, 6) is 6.60. The molecule has 0 spiro atoms. The molecule has 1 aliphatic rings. The molecule has 1 aromatic rings. The molecule has 82 valence electrons. The van der Waals surface area contributed by atoms with Crippen LogP contribution in [0.15, 0.2) is 24.3 Å². The van der Waals surface area contributed by atoms with Crippen molar-refractivity contribution in [1.82, 2.24) is 5.32 Å². The predicted molar refractivity (Wildman–Crippen MR) is 64.3 cm³/mol. The molecule has 0 heterocycles. The lowest BCUT2D eigenvalue weighted by Crippen LogP contribution is -2.04. The monoisotopic (exact) mass is 213 g/mol. The van der Waals surface area contributed by atoms with Gasteiger partial charge in [0.25, 0.3) is 0 Å². The summed E-state index contributed by atoms with van der Waals surface area (Å²) in [6.45, 7) is 0.683. The lowest BCUT2D eigenvalue weighted by Gasteiger charge is -1.98. The van der Waals surface area contributed by atoms with Gasteiger partial charge in [0, 0.05) is 17.0 Å². The van der Waals surface area contributed by atoms with E-state index in [0.29, 0.717) is 12.5 Å². The second-order valence-electron chi connectivity index (χ2n) is 4.05. The van der Waals surface area contributed by atoms with Gasteiger partial charge in [-0.05, 0) is 32.0 Å². The van der Waals surface area contributed by atoms with Crippen molar-refractivity contribution in [1.29, 1.82) is 0 Å². The van der Waals surface area contributed by atoms with Crippen molar-refractivity contribution in [3.8, 4) is 11.8 Å². The molecule has 0 atom stereocenters. The summed E-state index contributed by atoms with van der Waals surface area (Å²) in [6, 6.07) is 7.59. The van der Waals surface area contributed by atoms with Gasteiger partial charge in [-0.25, -0.2) is 0 Å². The molecule has 1 aliphatic carbocycles. The van der Waals surface area contributed by atoms with Gasteiger partial charge in [0.15, 0.2) is 5.78 Å². The van der Waals surface area contributed by atoms with Crippen molar-refractivity contribution in [3.63, 3.8) is 0 Å². The minimum Gasteiger partial charge on any atom is -0.309 e. The zero-order valence-electron chi connectivity index (χ0n) is 9.42. The number of benzene rings is 1. The van der Waals surface area contributed by atoms with Crippen molar-refractivity contribution < 1.29 is 4.79 Å². The minimum absolute atomic E-state index is 0.287. The predicted octanol–water partition coefficient (Wildman–Crippen LogP) is 1.85. The lowest BCUT2D eigenvalue weighted by atomic mass is 10.1. The summed E-state index contributed by atoms with van der Waals surface area (Å²) in [5, 5.41) is 2.96. The molecule has 0 radical (unpaired) electrons. The van der Waals surface area contributed by atoms with E-state index in [-0.39, 0.29) is 5.78 Å². The molecule has 1 fully saturated rings. The minimum atomic E-state index is 0.287. The van der Waals surface area contributed by atoms with Crippen LogP contribution in [0.1, 0.15) is 28.8 Å². The lowest BCUT2D eigenvalue weighted by molar-refractivity contribution is 0.0967. The number of rotatable bonds is 3. The van der Waals surface area contributed by atoms with Crippen LogP contribution < -0.4 is 5.32 Å². The van der Waals surface area contributed by atoms with Gasteiger partial charge in [-0.3, -0.25) is 4.79 Å². The highest BCUT2D eigenvalue weighted by Crippen LogP contribution is 2.32. The number of hydrogen-bond donors (Lipinski definition) is 1. The fourth-order valence-electron chi connectivity index (χ4n) is 1.53. The van der Waals surface area contributed by atoms with Crippen LogP contribution >= 0.6 is 0 Å². The second kappa shape index (κ2) is 4.96. The fourth-order valence-corrected chi connectivity index (χ4v) is 1.53. The molecule has 0 bridgehead atoms. The first kappa shape index (κ1) is 10.9. The molecule has 0 saturated heterocycles. The Labute approximate surface area is 96.1 Å². The topological polar surface area (TPSA) is 29.1 Å². The number of Topliss-reactive ketones (excluding diaryl/α,β-unsaturated/α-hetero) is 1. The molecule has 0 aromatic heterocycles. The molecular formula is C14H15NO. The Kier molecular flexibility index (Phi) is 3.38. The van der Waals surface area contributed by atoms with E-state index < -0.39 is 0 Å². The Balaban J connectivity index is 2.04. The van der Waals surface area contributed by atoms with E-state index >= 15 is 0 Å². The third-order valence-electron chi connectivity index (χ3n) is 2.62. The first-order chi connectivity index (χ1) is 7.81. The molecule has 1 N–H and O–H groups in total. The highest BCUT2D eigenvalue weighted by molar-refractivity contribution is 5.99. The van der Waals surface area contributed by atoms with Gasteiger partial charge in [-0.15, -0.1) is 0 Å². The summed E-state index contributed by atoms with van der Waals surface area (Å²) >= 11 is 0. The molecule has 0 aliphatic heterocycles. The van der Waals surface area contributed by atoms with E-state index in [1.807, 2.05) is 31.3 Å². The molecule has 1 aromatic carbocycles. The highest BCUT2D eigenvalue weighted by Gasteiger charge is 2.30. The Morgan fingerprint density at radius 2 is 2.06 bits per heavy atom. The number of carbonyl (C=O) groups excluding carboxylic acids is 1. The third kappa shape index (κ3) is 2.71. The number of carbonyl (C=O) groups is 1. The summed E-state index contributed by atoms with van der Waals surface area (Å²) in [6.07, 6.45) is 2.12. The van der Waals surface area contributed by atoms with Crippen LogP contribution in [0.3, 0.4) is 0 Å². The molecule has 0 amide bonds. The van der Waals surface area contributed by atoms with Gasteiger partial charge in [-0.1, -0.05) is 24.0 Å². The summed E-state index contributed by atoms with van der Waals surface area (Å²) < 4.78 is 0. The van der Waals surface area contributed by atoms with Crippen molar-refractivity contribution in [2.75, 3.05) is 13.6 Å². The van der Waals surface area contributed by atoms with Crippen molar-refractivity contribution in [3.05, 3.63) is 35.4 Å². The molecule has 16 heavy (non-hydrogen) atoms. The van der Waals surface area contributed by atoms with Gasteiger partial charge in [0.2, 0.25) is 0 Å². The van der Waals surface area contributed by atoms with Gasteiger partial charge in [-0.2, -0.15) is 0 Å². The van der Waals surface area contributed by atoms with Crippen molar-refractivity contribution in [2.45, 2.75) is 12.8 Å². The van der Waals surface area contributed by atoms with E-state index in [1.165, 1.54) is 0 Å². The van der Waals surface area contributed by atoms with Crippen LogP contribution in [0.4, 0.5) is 0 Å². The maximum Gasteiger partial charge on any atom is 0.165 e. The van der Waals surface area contributed by atoms with Crippen molar-refractivity contribution in [2.24, 2.45) is 5.92 Å². The number of ketones is 1. The number of nitrogens with one attached hydrogen (secondary N) is 1. The van der Waals surface area contributed by atoms with Crippen LogP contribution in [0.2, 0.25) is 0 Å². The highest BCUT2D eigenvalue weighted by atomic mass is 16.1. The molecule has 0 unspecified atom stereocenters. The van der Waals surface area contributed by atoms with Crippen LogP contribution in [0.25, 0.3) is 0 Å². The van der Waals surface area contributed by atoms with Crippen molar-refractivity contribution >= 4 is 5.78 Å². The standard InChI is InChI=1S/C14H15NO/c1-15-10-2-3-11-4-6-12(7-5-11)14(16)13-8-9-13/h4-7,13,15H,8-10H2,1H3. The van der Waals surface area contributed by atoms with E-state index in [2.05, 4.69) is 17.2 Å². The number of hydrogen-bond acceptors (Lipinski definition) is 2. The van der Waals surface area contributed by atoms with E-state index in [0.717, 1.165) is 24.0 Å². The van der Waals surface area contributed by atoms with Gasteiger partial charge < -0.3 is 5.32 Å². The summed E-state index contributed by atoms with van der Waals surface area (Å²) in [4.78, 5) is 11.7. The van der Waals surface area contributed by atoms with Crippen LogP contribution in [-0.4, -0.2) is 19.4 Å². The summed E-state index contributed by atoms with van der Waals surface area (Å²) in [5.41, 5.74) is 1.78. The molecule has 2 rings (SSSR count). The Morgan fingerprint density at radius 1 is 1.38 bits per heavy atom. The quantitative estimate of drug-likeness (QED) is 0.613. The maximum atomic E-state index is 11.7. The summed E-state index contributed by atoms with van der Waals surface area (Å²) in [7, 11) is 1.87. The first-order valence-corrected chi connectivity index (χ1v) is 5.59. The van der Waals surface area contributed by atoms with Gasteiger partial charge >= 0.3 is 0 Å². The average molecular weight is 213 g/mol. The largest absolute Gasteiger partial charge is 0.309 e. The maximum absolute atomic E-state index is 11.7. The third-order valence-corrected chi connectivity index (χ3v) is 2.62. The molecule has 2 nitrogen and oxygen atoms in total. The Hall–Kier alpha value is -1.59. The normalized spacial score (nSPS) is 14.1. The Morgan fingerprint density at radius 3 is 2.62 bits per heavy atom. The van der Waals surface area contributed by atoms with E-state index in [1.54, 1.807) is 0 Å². The SMILES string of the molecule is CNCC#Cc1ccc(C(=O)C2CC2)cc1. The van der Waals surface area contributed by atoms with Gasteiger partial charge in [0.1, 0.15) is 0 Å². The van der Waals surface area contributed by atoms with Crippen LogP contribution in [-0.2, 0) is 0 Å². The molecule has 1 saturated carbocycles. The Bertz CT molecular complexity index is 432. The van der Waals surface area contributed by atoms with E-state index in [4.69, 9.17) is 0 Å². The molecule has 2 heteroatoms.